The molecule has 14 heteroatoms. The molecule has 3 aliphatic rings. The van der Waals surface area contributed by atoms with Crippen LogP contribution in [0.4, 0.5) is 0 Å². The Morgan fingerprint density at radius 3 is 2.54 bits per heavy atom. The van der Waals surface area contributed by atoms with Gasteiger partial charge in [-0.3, -0.25) is 19.2 Å². The van der Waals surface area contributed by atoms with Crippen LogP contribution < -0.4 is 16.8 Å². The van der Waals surface area contributed by atoms with E-state index in [1.54, 1.807) is 18.5 Å². The number of hydrogen-bond donors (Lipinski definition) is 4. The molecule has 0 radical (unpaired) electrons. The van der Waals surface area contributed by atoms with Crippen LogP contribution in [-0.2, 0) is 29.5 Å². The predicted octanol–water partition coefficient (Wildman–Crippen LogP) is 0.477. The normalized spacial score (nSPS) is 26.5. The molecule has 1 aromatic heterocycles. The van der Waals surface area contributed by atoms with Gasteiger partial charge in [0, 0.05) is 32.6 Å². The SMILES string of the molecule is CC(C)(O)c1cnnn1C1CC(C(=O)NC2(C(=O)C(N)=O)CCCOCC2)N(C(=O)[C@H](N)CC2CCCCC2)C1.Cl. The van der Waals surface area contributed by atoms with E-state index in [1.165, 1.54) is 17.5 Å². The Kier molecular flexibility index (Phi) is 10.9. The quantitative estimate of drug-likeness (QED) is 0.292. The third-order valence-electron chi connectivity index (χ3n) is 8.63. The first-order valence-electron chi connectivity index (χ1n) is 14.4. The fourth-order valence-electron chi connectivity index (χ4n) is 6.44. The Morgan fingerprint density at radius 2 is 1.88 bits per heavy atom. The van der Waals surface area contributed by atoms with E-state index in [9.17, 15) is 24.3 Å². The Bertz CT molecular complexity index is 1090. The maximum absolute atomic E-state index is 13.9. The third kappa shape index (κ3) is 7.43. The summed E-state index contributed by atoms with van der Waals surface area (Å²) >= 11 is 0. The van der Waals surface area contributed by atoms with Crippen molar-refractivity contribution in [3.8, 4) is 0 Å². The first-order valence-corrected chi connectivity index (χ1v) is 14.4. The molecule has 1 saturated carbocycles. The number of nitrogens with two attached hydrogens (primary N) is 2. The van der Waals surface area contributed by atoms with Gasteiger partial charge in [-0.25, -0.2) is 4.68 Å². The summed E-state index contributed by atoms with van der Waals surface area (Å²) in [6, 6.07) is -2.23. The lowest BCUT2D eigenvalue weighted by molar-refractivity contribution is -0.145. The summed E-state index contributed by atoms with van der Waals surface area (Å²) < 4.78 is 7.03. The zero-order chi connectivity index (χ0) is 29.1. The van der Waals surface area contributed by atoms with Gasteiger partial charge in [0.05, 0.1) is 24.0 Å². The van der Waals surface area contributed by atoms with E-state index >= 15 is 0 Å². The first kappa shape index (κ1) is 32.9. The van der Waals surface area contributed by atoms with E-state index < -0.39 is 46.9 Å². The monoisotopic (exact) mass is 597 g/mol. The van der Waals surface area contributed by atoms with Crippen LogP contribution in [0, 0.1) is 5.92 Å². The number of nitrogens with zero attached hydrogens (tertiary/aromatic N) is 4. The number of rotatable bonds is 9. The van der Waals surface area contributed by atoms with Gasteiger partial charge in [-0.05, 0) is 39.0 Å². The van der Waals surface area contributed by atoms with Gasteiger partial charge >= 0.3 is 0 Å². The highest BCUT2D eigenvalue weighted by Crippen LogP contribution is 2.34. The van der Waals surface area contributed by atoms with Crippen molar-refractivity contribution in [1.82, 2.24) is 25.2 Å². The molecule has 3 amide bonds. The van der Waals surface area contributed by atoms with Crippen LogP contribution in [0.15, 0.2) is 6.20 Å². The molecule has 2 aliphatic heterocycles. The van der Waals surface area contributed by atoms with Gasteiger partial charge < -0.3 is 31.5 Å². The van der Waals surface area contributed by atoms with Crippen LogP contribution in [0.2, 0.25) is 0 Å². The summed E-state index contributed by atoms with van der Waals surface area (Å²) in [6.45, 7) is 3.91. The van der Waals surface area contributed by atoms with E-state index in [2.05, 4.69) is 15.6 Å². The summed E-state index contributed by atoms with van der Waals surface area (Å²) in [5.41, 5.74) is 9.49. The van der Waals surface area contributed by atoms with Crippen molar-refractivity contribution < 1.29 is 29.0 Å². The maximum atomic E-state index is 13.9. The molecular formula is C27H44ClN7O6. The molecule has 0 spiro atoms. The minimum atomic E-state index is -1.51. The summed E-state index contributed by atoms with van der Waals surface area (Å²) in [6.07, 6.45) is 8.38. The highest BCUT2D eigenvalue weighted by atomic mass is 35.5. The van der Waals surface area contributed by atoms with E-state index in [-0.39, 0.29) is 50.7 Å². The molecule has 0 aromatic carbocycles. The number of ketones is 1. The Morgan fingerprint density at radius 1 is 1.17 bits per heavy atom. The van der Waals surface area contributed by atoms with Gasteiger partial charge in [0.25, 0.3) is 5.91 Å². The number of nitrogens with one attached hydrogen (secondary N) is 1. The third-order valence-corrected chi connectivity index (χ3v) is 8.63. The summed E-state index contributed by atoms with van der Waals surface area (Å²) in [5, 5.41) is 21.6. The van der Waals surface area contributed by atoms with Crippen molar-refractivity contribution in [2.45, 2.75) is 107 Å². The molecule has 6 N–H and O–H groups in total. The second kappa shape index (κ2) is 13.6. The lowest BCUT2D eigenvalue weighted by Gasteiger charge is -2.34. The van der Waals surface area contributed by atoms with E-state index in [0.717, 1.165) is 25.7 Å². The molecule has 41 heavy (non-hydrogen) atoms. The van der Waals surface area contributed by atoms with E-state index in [4.69, 9.17) is 16.2 Å². The highest BCUT2D eigenvalue weighted by molar-refractivity contribution is 6.39. The lowest BCUT2D eigenvalue weighted by Crippen LogP contribution is -2.62. The zero-order valence-corrected chi connectivity index (χ0v) is 24.7. The van der Waals surface area contributed by atoms with Crippen molar-refractivity contribution >= 4 is 35.9 Å². The second-order valence-corrected chi connectivity index (χ2v) is 12.1. The van der Waals surface area contributed by atoms with Crippen molar-refractivity contribution in [3.05, 3.63) is 11.9 Å². The second-order valence-electron chi connectivity index (χ2n) is 12.1. The number of carbonyl (C=O) groups excluding carboxylic acids is 4. The zero-order valence-electron chi connectivity index (χ0n) is 23.9. The smallest absolute Gasteiger partial charge is 0.287 e. The number of likely N-dealkylation sites (tertiary alicyclic amines) is 1. The van der Waals surface area contributed by atoms with Crippen LogP contribution in [0.25, 0.3) is 0 Å². The fourth-order valence-corrected chi connectivity index (χ4v) is 6.44. The van der Waals surface area contributed by atoms with Gasteiger partial charge in [0.15, 0.2) is 0 Å². The summed E-state index contributed by atoms with van der Waals surface area (Å²) in [5.74, 6) is -2.57. The van der Waals surface area contributed by atoms with Gasteiger partial charge in [0.1, 0.15) is 17.2 Å². The Hall–Kier alpha value is -2.61. The number of ether oxygens (including phenoxy) is 1. The number of halogens is 1. The molecule has 3 unspecified atom stereocenters. The Balaban J connectivity index is 0.00000462. The Labute approximate surface area is 246 Å². The van der Waals surface area contributed by atoms with Crippen molar-refractivity contribution in [2.24, 2.45) is 17.4 Å². The largest absolute Gasteiger partial charge is 0.384 e. The van der Waals surface area contributed by atoms with Gasteiger partial charge in [-0.15, -0.1) is 17.5 Å². The van der Waals surface area contributed by atoms with Crippen LogP contribution in [-0.4, -0.2) is 85.9 Å². The average Bonchev–Trinajstić information content (AvgIpc) is 3.52. The van der Waals surface area contributed by atoms with Gasteiger partial charge in [0.2, 0.25) is 17.6 Å². The number of aliphatic hydroxyl groups is 1. The topological polar surface area (TPSA) is 196 Å². The number of carbonyl (C=O) groups is 4. The molecule has 1 aromatic rings. The number of hydrogen-bond acceptors (Lipinski definition) is 9. The van der Waals surface area contributed by atoms with E-state index in [1.807, 2.05) is 0 Å². The van der Waals surface area contributed by atoms with Crippen molar-refractivity contribution in [2.75, 3.05) is 19.8 Å². The molecule has 13 nitrogen and oxygen atoms in total. The number of primary amides is 1. The molecule has 4 atom stereocenters. The van der Waals surface area contributed by atoms with Crippen molar-refractivity contribution in [3.63, 3.8) is 0 Å². The number of amides is 3. The fraction of sp³-hybridized carbons (Fsp3) is 0.778. The lowest BCUT2D eigenvalue weighted by atomic mass is 9.84. The van der Waals surface area contributed by atoms with Gasteiger partial charge in [-0.2, -0.15) is 0 Å². The van der Waals surface area contributed by atoms with Gasteiger partial charge in [-0.1, -0.05) is 37.3 Å². The maximum Gasteiger partial charge on any atom is 0.287 e. The minimum absolute atomic E-state index is 0. The molecule has 0 bridgehead atoms. The van der Waals surface area contributed by atoms with Crippen molar-refractivity contribution in [1.29, 1.82) is 0 Å². The van der Waals surface area contributed by atoms with Crippen LogP contribution in [0.5, 0.6) is 0 Å². The molecule has 1 aliphatic carbocycles. The highest BCUT2D eigenvalue weighted by Gasteiger charge is 2.48. The number of Topliss-reactive ketones (excluding diaryl/α,β-unsaturated/α-hetero) is 1. The minimum Gasteiger partial charge on any atom is -0.384 e. The molecule has 3 fully saturated rings. The summed E-state index contributed by atoms with van der Waals surface area (Å²) in [7, 11) is 0. The molecular weight excluding hydrogens is 554 g/mol. The standard InChI is InChI=1S/C27H43N7O6.ClH/c1-26(2,39)21-15-30-32-34(21)18-14-20(33(16-18)25(38)19(28)13-17-7-4-3-5-8-17)24(37)31-27(22(35)23(29)36)9-6-11-40-12-10-27;/h15,17-20,39H,3-14,16,28H2,1-2H3,(H2,29,36)(H,31,37);1H/t18?,19-,20?,27?;/m1./s1. The first-order chi connectivity index (χ1) is 18.9. The van der Waals surface area contributed by atoms with Crippen LogP contribution >= 0.6 is 12.4 Å². The van der Waals surface area contributed by atoms with Crippen LogP contribution in [0.3, 0.4) is 0 Å². The average molecular weight is 598 g/mol. The molecule has 4 rings (SSSR count). The molecule has 230 valence electrons. The number of aromatic nitrogens is 3. The molecule has 3 heterocycles. The molecule has 2 saturated heterocycles. The predicted molar refractivity (Wildman–Crippen MR) is 151 cm³/mol. The summed E-state index contributed by atoms with van der Waals surface area (Å²) in [4.78, 5) is 54.1. The van der Waals surface area contributed by atoms with E-state index in [0.29, 0.717) is 31.1 Å². The van der Waals surface area contributed by atoms with Crippen LogP contribution in [0.1, 0.15) is 89.8 Å².